The summed E-state index contributed by atoms with van der Waals surface area (Å²) >= 11 is 0. The van der Waals surface area contributed by atoms with E-state index >= 15 is 0 Å². The lowest BCUT2D eigenvalue weighted by atomic mass is 10.1. The summed E-state index contributed by atoms with van der Waals surface area (Å²) in [5.74, 6) is -1.54. The number of benzene rings is 1. The summed E-state index contributed by atoms with van der Waals surface area (Å²) in [7, 11) is 0. The predicted octanol–water partition coefficient (Wildman–Crippen LogP) is 4.21. The Kier molecular flexibility index (Phi) is 2.48. The number of nitrogens with zero attached hydrogens (tertiary/aromatic N) is 2. The third-order valence-corrected chi connectivity index (χ3v) is 4.89. The van der Waals surface area contributed by atoms with Gasteiger partial charge in [-0.25, -0.2) is 8.78 Å². The molecule has 1 aromatic carbocycles. The Morgan fingerprint density at radius 2 is 2.20 bits per heavy atom. The van der Waals surface area contributed by atoms with E-state index in [0.717, 1.165) is 16.8 Å². The number of hydrogen-bond acceptors (Lipinski definition) is 1. The molecule has 1 aromatic heterocycles. The summed E-state index contributed by atoms with van der Waals surface area (Å²) in [5.41, 5.74) is 2.35. The van der Waals surface area contributed by atoms with Crippen LogP contribution in [0.2, 0.25) is 0 Å². The van der Waals surface area contributed by atoms with Crippen molar-refractivity contribution in [2.75, 3.05) is 0 Å². The van der Waals surface area contributed by atoms with Crippen molar-refractivity contribution in [1.29, 1.82) is 0 Å². The third kappa shape index (κ3) is 1.93. The quantitative estimate of drug-likeness (QED) is 0.818. The van der Waals surface area contributed by atoms with Gasteiger partial charge in [-0.15, -0.1) is 0 Å². The van der Waals surface area contributed by atoms with Crippen molar-refractivity contribution in [3.63, 3.8) is 0 Å². The molecule has 0 radical (unpaired) electrons. The number of hydrogen-bond donors (Lipinski definition) is 0. The number of fused-ring (bicyclic) bond motifs is 1. The smallest absolute Gasteiger partial charge is 0.253 e. The average molecular weight is 276 g/mol. The Balaban J connectivity index is 1.63. The largest absolute Gasteiger partial charge is 0.264 e. The van der Waals surface area contributed by atoms with Gasteiger partial charge in [0.25, 0.3) is 5.92 Å². The van der Waals surface area contributed by atoms with E-state index in [0.29, 0.717) is 12.5 Å². The molecule has 0 N–H and O–H groups in total. The molecule has 106 valence electrons. The predicted molar refractivity (Wildman–Crippen MR) is 73.9 cm³/mol. The Labute approximate surface area is 116 Å². The first kappa shape index (κ1) is 12.3. The van der Waals surface area contributed by atoms with E-state index < -0.39 is 11.8 Å². The Hall–Kier alpha value is -1.45. The number of alkyl halides is 2. The number of aromatic nitrogens is 2. The minimum absolute atomic E-state index is 0.00851. The Morgan fingerprint density at radius 3 is 2.85 bits per heavy atom. The highest BCUT2D eigenvalue weighted by Gasteiger charge is 2.56. The second-order valence-electron chi connectivity index (χ2n) is 6.32. The van der Waals surface area contributed by atoms with E-state index in [4.69, 9.17) is 0 Å². The molecular weight excluding hydrogens is 258 g/mol. The normalized spacial score (nSPS) is 30.6. The van der Waals surface area contributed by atoms with Crippen molar-refractivity contribution in [3.8, 4) is 0 Å². The molecule has 2 aliphatic carbocycles. The third-order valence-electron chi connectivity index (χ3n) is 4.89. The topological polar surface area (TPSA) is 17.8 Å². The van der Waals surface area contributed by atoms with E-state index in [1.54, 1.807) is 10.9 Å². The minimum Gasteiger partial charge on any atom is -0.264 e. The zero-order chi connectivity index (χ0) is 13.9. The molecule has 2 aromatic rings. The van der Waals surface area contributed by atoms with Crippen molar-refractivity contribution in [2.45, 2.75) is 44.6 Å². The summed E-state index contributed by atoms with van der Waals surface area (Å²) in [6.45, 7) is 2.56. The SMILES string of the molecule is CC[C@H]1C[C@@H]1c1ccc2cnn(CC3CC3(F)F)c2c1. The first-order valence-corrected chi connectivity index (χ1v) is 7.42. The molecule has 0 spiro atoms. The van der Waals surface area contributed by atoms with Gasteiger partial charge < -0.3 is 0 Å². The maximum Gasteiger partial charge on any atom is 0.253 e. The lowest BCUT2D eigenvalue weighted by Gasteiger charge is -2.05. The monoisotopic (exact) mass is 276 g/mol. The molecule has 4 rings (SSSR count). The van der Waals surface area contributed by atoms with Gasteiger partial charge in [0.2, 0.25) is 0 Å². The lowest BCUT2D eigenvalue weighted by Crippen LogP contribution is -2.06. The van der Waals surface area contributed by atoms with Crippen LogP contribution in [0.15, 0.2) is 24.4 Å². The highest BCUT2D eigenvalue weighted by Crippen LogP contribution is 2.51. The Morgan fingerprint density at radius 1 is 1.40 bits per heavy atom. The molecule has 3 atom stereocenters. The maximum absolute atomic E-state index is 13.1. The molecule has 20 heavy (non-hydrogen) atoms. The van der Waals surface area contributed by atoms with Gasteiger partial charge in [-0.2, -0.15) is 5.10 Å². The van der Waals surface area contributed by atoms with Crippen LogP contribution in [0.4, 0.5) is 8.78 Å². The first-order chi connectivity index (χ1) is 9.58. The molecule has 2 nitrogen and oxygen atoms in total. The molecule has 0 amide bonds. The molecule has 0 saturated heterocycles. The molecular formula is C16H18F2N2. The van der Waals surface area contributed by atoms with Gasteiger partial charge in [0.05, 0.1) is 18.3 Å². The average Bonchev–Trinajstić information content (AvgIpc) is 3.28. The van der Waals surface area contributed by atoms with E-state index in [9.17, 15) is 8.78 Å². The fourth-order valence-corrected chi connectivity index (χ4v) is 3.25. The van der Waals surface area contributed by atoms with Crippen molar-refractivity contribution in [1.82, 2.24) is 9.78 Å². The van der Waals surface area contributed by atoms with Crippen LogP contribution in [0.25, 0.3) is 10.9 Å². The van der Waals surface area contributed by atoms with Crippen molar-refractivity contribution < 1.29 is 8.78 Å². The molecule has 1 unspecified atom stereocenters. The van der Waals surface area contributed by atoms with E-state index in [-0.39, 0.29) is 6.42 Å². The molecule has 0 aliphatic heterocycles. The van der Waals surface area contributed by atoms with Crippen LogP contribution in [0.1, 0.15) is 37.7 Å². The molecule has 1 heterocycles. The van der Waals surface area contributed by atoms with Crippen LogP contribution in [0, 0.1) is 11.8 Å². The molecule has 0 bridgehead atoms. The van der Waals surface area contributed by atoms with Gasteiger partial charge in [-0.3, -0.25) is 4.68 Å². The van der Waals surface area contributed by atoms with Crippen LogP contribution in [-0.2, 0) is 6.54 Å². The number of halogens is 2. The summed E-state index contributed by atoms with van der Waals surface area (Å²) in [5, 5.41) is 5.33. The highest BCUT2D eigenvalue weighted by atomic mass is 19.3. The van der Waals surface area contributed by atoms with Gasteiger partial charge in [0.1, 0.15) is 0 Å². The molecule has 2 saturated carbocycles. The standard InChI is InChI=1S/C16H18F2N2/c1-2-10-5-14(10)11-3-4-12-8-19-20(15(12)6-11)9-13-7-16(13,17)18/h3-4,6,8,10,13-14H,2,5,7,9H2,1H3/t10-,13?,14-/m0/s1. The highest BCUT2D eigenvalue weighted by molar-refractivity contribution is 5.79. The first-order valence-electron chi connectivity index (χ1n) is 7.42. The fourth-order valence-electron chi connectivity index (χ4n) is 3.25. The van der Waals surface area contributed by atoms with Crippen LogP contribution in [0.3, 0.4) is 0 Å². The van der Waals surface area contributed by atoms with Gasteiger partial charge in [-0.1, -0.05) is 25.5 Å². The molecule has 4 heteroatoms. The van der Waals surface area contributed by atoms with Crippen LogP contribution >= 0.6 is 0 Å². The summed E-state index contributed by atoms with van der Waals surface area (Å²) in [6.07, 6.45) is 4.27. The van der Waals surface area contributed by atoms with Crippen LogP contribution < -0.4 is 0 Å². The van der Waals surface area contributed by atoms with E-state index in [1.807, 2.05) is 0 Å². The van der Waals surface area contributed by atoms with E-state index in [1.165, 1.54) is 18.4 Å². The lowest BCUT2D eigenvalue weighted by molar-refractivity contribution is 0.0945. The van der Waals surface area contributed by atoms with Gasteiger partial charge in [0.15, 0.2) is 0 Å². The second kappa shape index (κ2) is 4.03. The summed E-state index contributed by atoms with van der Waals surface area (Å²) < 4.78 is 27.9. The minimum atomic E-state index is -2.47. The van der Waals surface area contributed by atoms with Crippen molar-refractivity contribution >= 4 is 10.9 Å². The zero-order valence-electron chi connectivity index (χ0n) is 11.5. The van der Waals surface area contributed by atoms with Crippen molar-refractivity contribution in [2.24, 2.45) is 11.8 Å². The zero-order valence-corrected chi connectivity index (χ0v) is 11.5. The van der Waals surface area contributed by atoms with Crippen molar-refractivity contribution in [3.05, 3.63) is 30.0 Å². The number of rotatable bonds is 4. The second-order valence-corrected chi connectivity index (χ2v) is 6.32. The molecule has 2 aliphatic rings. The van der Waals surface area contributed by atoms with Gasteiger partial charge >= 0.3 is 0 Å². The van der Waals surface area contributed by atoms with Crippen LogP contribution in [0.5, 0.6) is 0 Å². The fraction of sp³-hybridized carbons (Fsp3) is 0.562. The van der Waals surface area contributed by atoms with Gasteiger partial charge in [0, 0.05) is 17.7 Å². The van der Waals surface area contributed by atoms with E-state index in [2.05, 4.69) is 30.2 Å². The molecule has 2 fully saturated rings. The summed E-state index contributed by atoms with van der Waals surface area (Å²) in [4.78, 5) is 0. The van der Waals surface area contributed by atoms with Crippen LogP contribution in [-0.4, -0.2) is 15.7 Å². The summed E-state index contributed by atoms with van der Waals surface area (Å²) in [6, 6.07) is 6.40. The maximum atomic E-state index is 13.1. The van der Waals surface area contributed by atoms with Gasteiger partial charge in [-0.05, 0) is 29.9 Å². The Bertz CT molecular complexity index is 662.